The summed E-state index contributed by atoms with van der Waals surface area (Å²) in [6.45, 7) is 0.427. The molecule has 2 aromatic heterocycles. The number of hydrogen-bond donors (Lipinski definition) is 2. The Hall–Kier alpha value is -3.00. The number of nitrogens with one attached hydrogen (secondary N) is 2. The molecule has 1 aromatic carbocycles. The van der Waals surface area contributed by atoms with Gasteiger partial charge in [0.1, 0.15) is 0 Å². The monoisotopic (exact) mass is 384 g/mol. The highest BCUT2D eigenvalue weighted by atomic mass is 32.1. The number of aromatic nitrogens is 2. The standard InChI is InChI=1S/C19H20N4O3S/c1-20-19(25)14-9-7-13(8-10-14)12-21-16(24)5-2-6-17-22-18(23-26-17)15-4-3-11-27-15/h3-4,7-11H,2,5-6,12H2,1H3,(H,20,25)(H,21,24). The number of rotatable bonds is 8. The molecule has 2 amide bonds. The van der Waals surface area contributed by atoms with E-state index in [4.69, 9.17) is 4.52 Å². The fraction of sp³-hybridized carbons (Fsp3) is 0.263. The summed E-state index contributed by atoms with van der Waals surface area (Å²) < 4.78 is 5.22. The van der Waals surface area contributed by atoms with Gasteiger partial charge < -0.3 is 15.2 Å². The summed E-state index contributed by atoms with van der Waals surface area (Å²) in [6, 6.07) is 11.0. The second-order valence-electron chi connectivity index (χ2n) is 5.90. The highest BCUT2D eigenvalue weighted by molar-refractivity contribution is 7.13. The largest absolute Gasteiger partial charge is 0.355 e. The van der Waals surface area contributed by atoms with Crippen molar-refractivity contribution in [2.75, 3.05) is 7.05 Å². The van der Waals surface area contributed by atoms with E-state index in [-0.39, 0.29) is 11.8 Å². The van der Waals surface area contributed by atoms with Gasteiger partial charge in [0.05, 0.1) is 4.88 Å². The highest BCUT2D eigenvalue weighted by Gasteiger charge is 2.10. The Morgan fingerprint density at radius 2 is 2.00 bits per heavy atom. The smallest absolute Gasteiger partial charge is 0.251 e. The summed E-state index contributed by atoms with van der Waals surface area (Å²) in [7, 11) is 1.59. The molecule has 8 heteroatoms. The first-order valence-electron chi connectivity index (χ1n) is 8.60. The van der Waals surface area contributed by atoms with Crippen LogP contribution < -0.4 is 10.6 Å². The zero-order valence-electron chi connectivity index (χ0n) is 14.9. The minimum Gasteiger partial charge on any atom is -0.355 e. The van der Waals surface area contributed by atoms with Crippen LogP contribution in [0, 0.1) is 0 Å². The van der Waals surface area contributed by atoms with Crippen LogP contribution in [0.4, 0.5) is 0 Å². The van der Waals surface area contributed by atoms with Gasteiger partial charge in [0.25, 0.3) is 5.91 Å². The second kappa shape index (κ2) is 9.09. The zero-order chi connectivity index (χ0) is 19.1. The molecular formula is C19H20N4O3S. The van der Waals surface area contributed by atoms with Crippen LogP contribution in [0.25, 0.3) is 10.7 Å². The molecule has 0 unspecified atom stereocenters. The number of benzene rings is 1. The first-order valence-corrected chi connectivity index (χ1v) is 9.48. The van der Waals surface area contributed by atoms with Gasteiger partial charge in [0, 0.05) is 32.0 Å². The van der Waals surface area contributed by atoms with Gasteiger partial charge in [-0.15, -0.1) is 11.3 Å². The Morgan fingerprint density at radius 1 is 1.19 bits per heavy atom. The molecule has 7 nitrogen and oxygen atoms in total. The van der Waals surface area contributed by atoms with E-state index in [1.165, 1.54) is 0 Å². The maximum atomic E-state index is 12.0. The predicted octanol–water partition coefficient (Wildman–Crippen LogP) is 2.80. The van der Waals surface area contributed by atoms with Gasteiger partial charge in [0.2, 0.25) is 17.6 Å². The van der Waals surface area contributed by atoms with Gasteiger partial charge in [-0.2, -0.15) is 4.98 Å². The lowest BCUT2D eigenvalue weighted by Crippen LogP contribution is -2.22. The number of thiophene rings is 1. The summed E-state index contributed by atoms with van der Waals surface area (Å²) in [5.41, 5.74) is 1.53. The molecule has 2 heterocycles. The molecule has 0 aliphatic carbocycles. The van der Waals surface area contributed by atoms with Gasteiger partial charge in [-0.3, -0.25) is 9.59 Å². The highest BCUT2D eigenvalue weighted by Crippen LogP contribution is 2.21. The minimum absolute atomic E-state index is 0.0385. The zero-order valence-corrected chi connectivity index (χ0v) is 15.7. The predicted molar refractivity (Wildman–Crippen MR) is 102 cm³/mol. The van der Waals surface area contributed by atoms with E-state index < -0.39 is 0 Å². The second-order valence-corrected chi connectivity index (χ2v) is 6.84. The summed E-state index contributed by atoms with van der Waals surface area (Å²) in [5, 5.41) is 11.4. The number of nitrogens with zero attached hydrogens (tertiary/aromatic N) is 2. The fourth-order valence-electron chi connectivity index (χ4n) is 2.47. The van der Waals surface area contributed by atoms with Crippen LogP contribution in [0.5, 0.6) is 0 Å². The average Bonchev–Trinajstić information content (AvgIpc) is 3.38. The average molecular weight is 384 g/mol. The van der Waals surface area contributed by atoms with Crippen molar-refractivity contribution >= 4 is 23.2 Å². The molecule has 0 aliphatic heterocycles. The topological polar surface area (TPSA) is 97.1 Å². The van der Waals surface area contributed by atoms with E-state index >= 15 is 0 Å². The molecule has 0 atom stereocenters. The molecule has 140 valence electrons. The molecule has 0 spiro atoms. The van der Waals surface area contributed by atoms with E-state index in [2.05, 4.69) is 20.8 Å². The maximum Gasteiger partial charge on any atom is 0.251 e. The van der Waals surface area contributed by atoms with E-state index in [1.807, 2.05) is 29.6 Å². The molecule has 0 saturated carbocycles. The lowest BCUT2D eigenvalue weighted by molar-refractivity contribution is -0.121. The molecule has 0 saturated heterocycles. The van der Waals surface area contributed by atoms with Crippen molar-refractivity contribution in [3.05, 3.63) is 58.8 Å². The van der Waals surface area contributed by atoms with Crippen molar-refractivity contribution in [3.63, 3.8) is 0 Å². The number of carbonyl (C=O) groups excluding carboxylic acids is 2. The van der Waals surface area contributed by atoms with E-state index in [0.29, 0.717) is 43.1 Å². The molecule has 0 bridgehead atoms. The van der Waals surface area contributed by atoms with Gasteiger partial charge in [-0.05, 0) is 35.6 Å². The summed E-state index contributed by atoms with van der Waals surface area (Å²) >= 11 is 1.55. The third-order valence-corrected chi connectivity index (χ3v) is 4.80. The Kier molecular flexibility index (Phi) is 6.32. The molecular weight excluding hydrogens is 364 g/mol. The van der Waals surface area contributed by atoms with Crippen LogP contribution in [0.2, 0.25) is 0 Å². The molecule has 0 fully saturated rings. The molecule has 0 aliphatic rings. The van der Waals surface area contributed by atoms with Crippen molar-refractivity contribution in [2.45, 2.75) is 25.8 Å². The van der Waals surface area contributed by atoms with Crippen molar-refractivity contribution in [2.24, 2.45) is 0 Å². The van der Waals surface area contributed by atoms with Crippen molar-refractivity contribution < 1.29 is 14.1 Å². The van der Waals surface area contributed by atoms with Gasteiger partial charge in [-0.1, -0.05) is 23.4 Å². The number of hydrogen-bond acceptors (Lipinski definition) is 6. The van der Waals surface area contributed by atoms with Crippen LogP contribution >= 0.6 is 11.3 Å². The third-order valence-electron chi connectivity index (χ3n) is 3.94. The Balaban J connectivity index is 1.39. The first-order chi connectivity index (χ1) is 13.2. The van der Waals surface area contributed by atoms with Gasteiger partial charge in [-0.25, -0.2) is 0 Å². The molecule has 0 radical (unpaired) electrons. The third kappa shape index (κ3) is 5.24. The maximum absolute atomic E-state index is 12.0. The summed E-state index contributed by atoms with van der Waals surface area (Å²) in [4.78, 5) is 28.8. The quantitative estimate of drug-likeness (QED) is 0.622. The van der Waals surface area contributed by atoms with Crippen molar-refractivity contribution in [1.82, 2.24) is 20.8 Å². The SMILES string of the molecule is CNC(=O)c1ccc(CNC(=O)CCCc2nc(-c3cccs3)no2)cc1. The van der Waals surface area contributed by atoms with Crippen molar-refractivity contribution in [1.29, 1.82) is 0 Å². The first kappa shape index (κ1) is 18.8. The summed E-state index contributed by atoms with van der Waals surface area (Å²) in [6.07, 6.45) is 1.58. The molecule has 27 heavy (non-hydrogen) atoms. The van der Waals surface area contributed by atoms with E-state index in [9.17, 15) is 9.59 Å². The van der Waals surface area contributed by atoms with E-state index in [0.717, 1.165) is 10.4 Å². The molecule has 3 aromatic rings. The number of carbonyl (C=O) groups is 2. The molecule has 2 N–H and O–H groups in total. The van der Waals surface area contributed by atoms with Crippen LogP contribution in [-0.2, 0) is 17.8 Å². The summed E-state index contributed by atoms with van der Waals surface area (Å²) in [5.74, 6) is 0.956. The lowest BCUT2D eigenvalue weighted by atomic mass is 10.1. The van der Waals surface area contributed by atoms with Crippen molar-refractivity contribution in [3.8, 4) is 10.7 Å². The van der Waals surface area contributed by atoms with Gasteiger partial charge >= 0.3 is 0 Å². The Labute approximate surface area is 160 Å². The van der Waals surface area contributed by atoms with E-state index in [1.54, 1.807) is 30.5 Å². The van der Waals surface area contributed by atoms with Crippen LogP contribution in [0.15, 0.2) is 46.3 Å². The van der Waals surface area contributed by atoms with Crippen LogP contribution in [0.3, 0.4) is 0 Å². The lowest BCUT2D eigenvalue weighted by Gasteiger charge is -2.06. The fourth-order valence-corrected chi connectivity index (χ4v) is 3.12. The van der Waals surface area contributed by atoms with Gasteiger partial charge in [0.15, 0.2) is 0 Å². The number of aryl methyl sites for hydroxylation is 1. The Morgan fingerprint density at radius 3 is 2.70 bits per heavy atom. The molecule has 3 rings (SSSR count). The minimum atomic E-state index is -0.131. The number of amides is 2. The normalized spacial score (nSPS) is 10.6. The Bertz CT molecular complexity index is 888. The van der Waals surface area contributed by atoms with Crippen LogP contribution in [0.1, 0.15) is 34.7 Å². The van der Waals surface area contributed by atoms with Crippen LogP contribution in [-0.4, -0.2) is 29.0 Å².